The topological polar surface area (TPSA) is 57.2 Å². The van der Waals surface area contributed by atoms with Crippen LogP contribution in [0.2, 0.25) is 0 Å². The number of carbonyl (C=O) groups excluding carboxylic acids is 1. The van der Waals surface area contributed by atoms with Gasteiger partial charge in [-0.05, 0) is 46.2 Å². The minimum absolute atomic E-state index is 0.0873. The third-order valence-electron chi connectivity index (χ3n) is 5.05. The highest BCUT2D eigenvalue weighted by atomic mass is 19.4. The lowest BCUT2D eigenvalue weighted by atomic mass is 10.0. The maximum atomic E-state index is 13.3. The summed E-state index contributed by atoms with van der Waals surface area (Å²) in [6.45, 7) is 15.6. The minimum atomic E-state index is -4.43. The van der Waals surface area contributed by atoms with Gasteiger partial charge in [0, 0.05) is 50.5 Å². The number of nitrogens with zero attached hydrogens (tertiary/aromatic N) is 3. The van der Waals surface area contributed by atoms with Crippen molar-refractivity contribution >= 4 is 11.9 Å². The summed E-state index contributed by atoms with van der Waals surface area (Å²) < 4.78 is 45.3. The smallest absolute Gasteiger partial charge is 0.416 e. The fraction of sp³-hybridized carbons (Fsp3) is 0.565. The molecule has 1 aliphatic rings. The van der Waals surface area contributed by atoms with Gasteiger partial charge in [-0.25, -0.2) is 9.79 Å². The van der Waals surface area contributed by atoms with Gasteiger partial charge in [0.2, 0.25) is 0 Å². The molecule has 0 unspecified atom stereocenters. The van der Waals surface area contributed by atoms with Crippen LogP contribution in [-0.2, 0) is 10.9 Å². The molecule has 0 radical (unpaired) electrons. The zero-order chi connectivity index (χ0) is 24.1. The molecule has 32 heavy (non-hydrogen) atoms. The van der Waals surface area contributed by atoms with E-state index in [2.05, 4.69) is 21.8 Å². The predicted octanol–water partition coefficient (Wildman–Crippen LogP) is 4.43. The monoisotopic (exact) mass is 454 g/mol. The van der Waals surface area contributed by atoms with Crippen molar-refractivity contribution in [3.63, 3.8) is 0 Å². The van der Waals surface area contributed by atoms with E-state index in [1.165, 1.54) is 19.2 Å². The Hall–Kier alpha value is -2.55. The molecule has 0 spiro atoms. The van der Waals surface area contributed by atoms with Crippen LogP contribution < -0.4 is 5.32 Å². The zero-order valence-electron chi connectivity index (χ0n) is 19.4. The molecule has 1 fully saturated rings. The largest absolute Gasteiger partial charge is 0.444 e. The second-order valence-corrected chi connectivity index (χ2v) is 8.95. The van der Waals surface area contributed by atoms with Crippen molar-refractivity contribution in [2.24, 2.45) is 4.99 Å². The molecule has 1 saturated heterocycles. The Labute approximate surface area is 188 Å². The number of ether oxygens (including phenoxy) is 1. The van der Waals surface area contributed by atoms with Gasteiger partial charge in [0.1, 0.15) is 11.4 Å². The van der Waals surface area contributed by atoms with Gasteiger partial charge in [0.25, 0.3) is 0 Å². The molecule has 1 atom stereocenters. The van der Waals surface area contributed by atoms with Crippen LogP contribution in [0.5, 0.6) is 0 Å². The summed E-state index contributed by atoms with van der Waals surface area (Å²) in [7, 11) is 0. The summed E-state index contributed by atoms with van der Waals surface area (Å²) in [5.41, 5.74) is -0.707. The number of aliphatic imine (C=N–C) groups is 1. The molecular weight excluding hydrogens is 421 g/mol. The lowest BCUT2D eigenvalue weighted by Crippen LogP contribution is -2.53. The highest BCUT2D eigenvalue weighted by Gasteiger charge is 2.33. The Morgan fingerprint density at radius 2 is 1.88 bits per heavy atom. The SMILES string of the molecule is C=C/N=C(/N[C@@H](C)CN1CCN(C(=O)OC(C)(C)C)CC1)c1cccc(C(F)(F)F)c1C. The van der Waals surface area contributed by atoms with Gasteiger partial charge in [-0.1, -0.05) is 18.7 Å². The van der Waals surface area contributed by atoms with E-state index in [0.29, 0.717) is 44.1 Å². The van der Waals surface area contributed by atoms with Crippen molar-refractivity contribution in [2.45, 2.75) is 52.4 Å². The van der Waals surface area contributed by atoms with E-state index in [4.69, 9.17) is 4.74 Å². The number of rotatable bonds is 5. The summed E-state index contributed by atoms with van der Waals surface area (Å²) in [4.78, 5) is 20.3. The number of benzene rings is 1. The maximum absolute atomic E-state index is 13.3. The van der Waals surface area contributed by atoms with Crippen molar-refractivity contribution in [1.82, 2.24) is 15.1 Å². The number of halogens is 3. The van der Waals surface area contributed by atoms with Gasteiger partial charge in [0.05, 0.1) is 5.56 Å². The van der Waals surface area contributed by atoms with Crippen LogP contribution in [0, 0.1) is 6.92 Å². The predicted molar refractivity (Wildman–Crippen MR) is 120 cm³/mol. The van der Waals surface area contributed by atoms with E-state index in [1.807, 2.05) is 27.7 Å². The lowest BCUT2D eigenvalue weighted by Gasteiger charge is -2.36. The third kappa shape index (κ3) is 7.25. The normalized spacial score (nSPS) is 17.1. The summed E-state index contributed by atoms with van der Waals surface area (Å²) in [5, 5.41) is 3.23. The average Bonchev–Trinajstić information content (AvgIpc) is 2.66. The number of hydrogen-bond donors (Lipinski definition) is 1. The third-order valence-corrected chi connectivity index (χ3v) is 5.05. The summed E-state index contributed by atoms with van der Waals surface area (Å²) in [5.74, 6) is 0.350. The zero-order valence-corrected chi connectivity index (χ0v) is 19.4. The van der Waals surface area contributed by atoms with Crippen LogP contribution in [0.3, 0.4) is 0 Å². The molecule has 6 nitrogen and oxygen atoms in total. The minimum Gasteiger partial charge on any atom is -0.444 e. The Bertz CT molecular complexity index is 839. The van der Waals surface area contributed by atoms with E-state index < -0.39 is 17.3 Å². The first-order valence-electron chi connectivity index (χ1n) is 10.6. The molecule has 0 aliphatic carbocycles. The van der Waals surface area contributed by atoms with E-state index in [1.54, 1.807) is 11.0 Å². The summed E-state index contributed by atoms with van der Waals surface area (Å²) in [6, 6.07) is 3.98. The Morgan fingerprint density at radius 3 is 2.41 bits per heavy atom. The lowest BCUT2D eigenvalue weighted by molar-refractivity contribution is -0.138. The number of amides is 1. The van der Waals surface area contributed by atoms with E-state index in [-0.39, 0.29) is 17.7 Å². The number of nitrogens with one attached hydrogen (secondary N) is 1. The van der Waals surface area contributed by atoms with Crippen LogP contribution in [0.15, 0.2) is 36.0 Å². The quantitative estimate of drug-likeness (QED) is 0.528. The molecule has 9 heteroatoms. The molecule has 0 saturated carbocycles. The molecule has 1 N–H and O–H groups in total. The van der Waals surface area contributed by atoms with Crippen LogP contribution in [0.1, 0.15) is 44.4 Å². The van der Waals surface area contributed by atoms with Crippen molar-refractivity contribution in [2.75, 3.05) is 32.7 Å². The van der Waals surface area contributed by atoms with Crippen LogP contribution in [0.25, 0.3) is 0 Å². The fourth-order valence-electron chi connectivity index (χ4n) is 3.58. The van der Waals surface area contributed by atoms with Gasteiger partial charge in [-0.2, -0.15) is 13.2 Å². The van der Waals surface area contributed by atoms with E-state index in [9.17, 15) is 18.0 Å². The summed E-state index contributed by atoms with van der Waals surface area (Å²) >= 11 is 0. The van der Waals surface area contributed by atoms with Crippen LogP contribution in [0.4, 0.5) is 18.0 Å². The van der Waals surface area contributed by atoms with Crippen LogP contribution in [-0.4, -0.2) is 66.1 Å². The standard InChI is InChI=1S/C23H33F3N4O2/c1-7-27-20(18-9-8-10-19(17(18)3)23(24,25)26)28-16(2)15-29-11-13-30(14-12-29)21(31)32-22(4,5)6/h7-10,16H,1,11-15H2,2-6H3,(H,27,28)/t16-/m0/s1. The molecule has 1 amide bonds. The van der Waals surface area contributed by atoms with Crippen molar-refractivity contribution in [1.29, 1.82) is 0 Å². The molecule has 0 bridgehead atoms. The highest BCUT2D eigenvalue weighted by Crippen LogP contribution is 2.33. The number of amidine groups is 1. The first kappa shape index (κ1) is 25.7. The summed E-state index contributed by atoms with van der Waals surface area (Å²) in [6.07, 6.45) is -3.43. The molecule has 178 valence electrons. The number of carbonyl (C=O) groups is 1. The molecule has 1 heterocycles. The van der Waals surface area contributed by atoms with Crippen molar-refractivity contribution in [3.8, 4) is 0 Å². The fourth-order valence-corrected chi connectivity index (χ4v) is 3.58. The van der Waals surface area contributed by atoms with Gasteiger partial charge < -0.3 is 15.0 Å². The van der Waals surface area contributed by atoms with Crippen LogP contribution >= 0.6 is 0 Å². The molecule has 1 aromatic carbocycles. The Kier molecular flexibility index (Phi) is 8.34. The number of hydrogen-bond acceptors (Lipinski definition) is 4. The average molecular weight is 455 g/mol. The number of piperazine rings is 1. The molecule has 1 aromatic rings. The molecule has 1 aliphatic heterocycles. The van der Waals surface area contributed by atoms with Gasteiger partial charge in [-0.15, -0.1) is 0 Å². The first-order chi connectivity index (χ1) is 14.8. The second-order valence-electron chi connectivity index (χ2n) is 8.95. The molecular formula is C23H33F3N4O2. The van der Waals surface area contributed by atoms with Crippen molar-refractivity contribution in [3.05, 3.63) is 47.7 Å². The van der Waals surface area contributed by atoms with E-state index in [0.717, 1.165) is 6.07 Å². The first-order valence-corrected chi connectivity index (χ1v) is 10.6. The Balaban J connectivity index is 2.00. The Morgan fingerprint density at radius 1 is 1.25 bits per heavy atom. The molecule has 2 rings (SSSR count). The van der Waals surface area contributed by atoms with E-state index >= 15 is 0 Å². The van der Waals surface area contributed by atoms with Gasteiger partial charge in [-0.3, -0.25) is 4.90 Å². The van der Waals surface area contributed by atoms with Gasteiger partial charge >= 0.3 is 12.3 Å². The van der Waals surface area contributed by atoms with Crippen molar-refractivity contribution < 1.29 is 22.7 Å². The number of alkyl halides is 3. The molecule has 0 aromatic heterocycles. The maximum Gasteiger partial charge on any atom is 0.416 e. The highest BCUT2D eigenvalue weighted by molar-refractivity contribution is 6.00. The second kappa shape index (κ2) is 10.4. The van der Waals surface area contributed by atoms with Gasteiger partial charge in [0.15, 0.2) is 0 Å².